The van der Waals surface area contributed by atoms with Crippen LogP contribution in [-0.2, 0) is 0 Å². The molecule has 1 rings (SSSR count). The Balaban J connectivity index is 2.86. The average Bonchev–Trinajstić information content (AvgIpc) is 1.98. The van der Waals surface area contributed by atoms with E-state index in [1.807, 2.05) is 0 Å². The molecule has 1 aliphatic heterocycles. The Kier molecular flexibility index (Phi) is 3.02. The molecule has 0 amide bonds. The van der Waals surface area contributed by atoms with E-state index in [4.69, 9.17) is 0 Å². The second kappa shape index (κ2) is 3.52. The van der Waals surface area contributed by atoms with Crippen LogP contribution in [0.5, 0.6) is 0 Å². The summed E-state index contributed by atoms with van der Waals surface area (Å²) in [6.07, 6.45) is 2.68. The zero-order valence-corrected chi connectivity index (χ0v) is 11.0. The molecule has 0 aromatic carbocycles. The molecule has 1 saturated heterocycles. The van der Waals surface area contributed by atoms with Crippen LogP contribution >= 0.6 is 0 Å². The van der Waals surface area contributed by atoms with Crippen LogP contribution in [0.3, 0.4) is 0 Å². The molecular weight excluding hydrogens is 170 g/mol. The molecule has 0 aromatic heterocycles. The van der Waals surface area contributed by atoms with Crippen molar-refractivity contribution in [2.75, 3.05) is 7.05 Å². The number of nitrogens with zero attached hydrogens (tertiary/aromatic N) is 1. The monoisotopic (exact) mass is 197 g/mol. The lowest BCUT2D eigenvalue weighted by Crippen LogP contribution is -2.59. The molecule has 0 saturated carbocycles. The van der Waals surface area contributed by atoms with E-state index in [9.17, 15) is 0 Å². The van der Waals surface area contributed by atoms with Crippen molar-refractivity contribution >= 4 is 0 Å². The Morgan fingerprint density at radius 1 is 1.00 bits per heavy atom. The van der Waals surface area contributed by atoms with Gasteiger partial charge in [0.25, 0.3) is 0 Å². The SMILES string of the molecule is CC(C)C1CC(C)(C)N(C)C(C)(C)C1. The summed E-state index contributed by atoms with van der Waals surface area (Å²) in [5.74, 6) is 1.71. The minimum Gasteiger partial charge on any atom is -0.296 e. The van der Waals surface area contributed by atoms with Gasteiger partial charge in [0.1, 0.15) is 0 Å². The van der Waals surface area contributed by atoms with Crippen molar-refractivity contribution in [3.63, 3.8) is 0 Å². The van der Waals surface area contributed by atoms with Crippen molar-refractivity contribution in [2.24, 2.45) is 11.8 Å². The normalized spacial score (nSPS) is 28.3. The average molecular weight is 197 g/mol. The van der Waals surface area contributed by atoms with Gasteiger partial charge in [0, 0.05) is 11.1 Å². The maximum atomic E-state index is 2.55. The first-order valence-corrected chi connectivity index (χ1v) is 5.91. The van der Waals surface area contributed by atoms with E-state index < -0.39 is 0 Å². The standard InChI is InChI=1S/C13H27N/c1-10(2)11-8-12(3,4)14(7)13(5,6)9-11/h10-11H,8-9H2,1-7H3. The highest BCUT2D eigenvalue weighted by Gasteiger charge is 2.43. The van der Waals surface area contributed by atoms with Gasteiger partial charge < -0.3 is 0 Å². The first kappa shape index (κ1) is 12.0. The van der Waals surface area contributed by atoms with Crippen LogP contribution in [0.1, 0.15) is 54.4 Å². The molecule has 1 heterocycles. The van der Waals surface area contributed by atoms with Gasteiger partial charge in [-0.1, -0.05) is 13.8 Å². The summed E-state index contributed by atoms with van der Waals surface area (Å²) in [6.45, 7) is 14.2. The lowest BCUT2D eigenvalue weighted by molar-refractivity contribution is -0.0404. The molecule has 0 N–H and O–H groups in total. The van der Waals surface area contributed by atoms with Gasteiger partial charge in [-0.15, -0.1) is 0 Å². The predicted molar refractivity (Wildman–Crippen MR) is 63.5 cm³/mol. The summed E-state index contributed by atoms with van der Waals surface area (Å²) < 4.78 is 0. The summed E-state index contributed by atoms with van der Waals surface area (Å²) in [7, 11) is 2.27. The second-order valence-electron chi connectivity index (χ2n) is 6.60. The number of hydrogen-bond acceptors (Lipinski definition) is 1. The fourth-order valence-electron chi connectivity index (χ4n) is 2.92. The molecule has 84 valence electrons. The molecular formula is C13H27N. The second-order valence-corrected chi connectivity index (χ2v) is 6.60. The Morgan fingerprint density at radius 2 is 1.36 bits per heavy atom. The summed E-state index contributed by atoms with van der Waals surface area (Å²) >= 11 is 0. The van der Waals surface area contributed by atoms with Gasteiger partial charge in [0.15, 0.2) is 0 Å². The molecule has 0 atom stereocenters. The molecule has 0 bridgehead atoms. The largest absolute Gasteiger partial charge is 0.296 e. The van der Waals surface area contributed by atoms with Crippen molar-refractivity contribution < 1.29 is 0 Å². The van der Waals surface area contributed by atoms with E-state index in [0.29, 0.717) is 11.1 Å². The van der Waals surface area contributed by atoms with Crippen molar-refractivity contribution in [3.8, 4) is 0 Å². The Bertz CT molecular complexity index is 185. The lowest BCUT2D eigenvalue weighted by atomic mass is 9.70. The summed E-state index contributed by atoms with van der Waals surface area (Å²) in [6, 6.07) is 0. The number of rotatable bonds is 1. The number of hydrogen-bond donors (Lipinski definition) is 0. The predicted octanol–water partition coefficient (Wildman–Crippen LogP) is 3.54. The Labute approximate surface area is 89.9 Å². The quantitative estimate of drug-likeness (QED) is 0.621. The van der Waals surface area contributed by atoms with Crippen LogP contribution in [0.15, 0.2) is 0 Å². The van der Waals surface area contributed by atoms with Crippen LogP contribution < -0.4 is 0 Å². The van der Waals surface area contributed by atoms with Crippen LogP contribution in [0, 0.1) is 11.8 Å². The minimum atomic E-state index is 0.358. The maximum Gasteiger partial charge on any atom is 0.0158 e. The van der Waals surface area contributed by atoms with Gasteiger partial charge in [-0.2, -0.15) is 0 Å². The molecule has 1 aliphatic rings. The van der Waals surface area contributed by atoms with Crippen molar-refractivity contribution in [2.45, 2.75) is 65.5 Å². The summed E-state index contributed by atoms with van der Waals surface area (Å²) in [4.78, 5) is 2.55. The highest BCUT2D eigenvalue weighted by molar-refractivity contribution is 4.98. The molecule has 0 aromatic rings. The molecule has 1 nitrogen and oxygen atoms in total. The molecule has 1 fully saturated rings. The van der Waals surface area contributed by atoms with E-state index in [1.54, 1.807) is 0 Å². The topological polar surface area (TPSA) is 3.24 Å². The first-order chi connectivity index (χ1) is 6.17. The minimum absolute atomic E-state index is 0.358. The third kappa shape index (κ3) is 2.13. The molecule has 0 radical (unpaired) electrons. The van der Waals surface area contributed by atoms with Crippen molar-refractivity contribution in [1.29, 1.82) is 0 Å². The van der Waals surface area contributed by atoms with E-state index in [0.717, 1.165) is 11.8 Å². The number of likely N-dealkylation sites (tertiary alicyclic amines) is 1. The lowest BCUT2D eigenvalue weighted by Gasteiger charge is -2.54. The first-order valence-electron chi connectivity index (χ1n) is 5.91. The fraction of sp³-hybridized carbons (Fsp3) is 1.00. The van der Waals surface area contributed by atoms with E-state index in [-0.39, 0.29) is 0 Å². The molecule has 0 aliphatic carbocycles. The highest BCUT2D eigenvalue weighted by atomic mass is 15.2. The molecule has 14 heavy (non-hydrogen) atoms. The zero-order valence-electron chi connectivity index (χ0n) is 11.0. The van der Waals surface area contributed by atoms with E-state index >= 15 is 0 Å². The van der Waals surface area contributed by atoms with Gasteiger partial charge in [-0.25, -0.2) is 0 Å². The maximum absolute atomic E-state index is 2.55. The smallest absolute Gasteiger partial charge is 0.0158 e. The van der Waals surface area contributed by atoms with Gasteiger partial charge in [-0.3, -0.25) is 4.90 Å². The van der Waals surface area contributed by atoms with Gasteiger partial charge >= 0.3 is 0 Å². The third-order valence-corrected chi connectivity index (χ3v) is 4.28. The van der Waals surface area contributed by atoms with Crippen LogP contribution in [0.4, 0.5) is 0 Å². The van der Waals surface area contributed by atoms with Crippen LogP contribution in [0.25, 0.3) is 0 Å². The Morgan fingerprint density at radius 3 is 1.64 bits per heavy atom. The summed E-state index contributed by atoms with van der Waals surface area (Å²) in [5.41, 5.74) is 0.716. The molecule has 1 heteroatoms. The van der Waals surface area contributed by atoms with Gasteiger partial charge in [0.05, 0.1) is 0 Å². The summed E-state index contributed by atoms with van der Waals surface area (Å²) in [5, 5.41) is 0. The Hall–Kier alpha value is -0.0400. The zero-order chi connectivity index (χ0) is 11.1. The van der Waals surface area contributed by atoms with Crippen molar-refractivity contribution in [1.82, 2.24) is 4.90 Å². The number of piperidine rings is 1. The van der Waals surface area contributed by atoms with Gasteiger partial charge in [-0.05, 0) is 59.4 Å². The molecule has 0 unspecified atom stereocenters. The third-order valence-electron chi connectivity index (χ3n) is 4.28. The highest BCUT2D eigenvalue weighted by Crippen LogP contribution is 2.42. The van der Waals surface area contributed by atoms with E-state index in [2.05, 4.69) is 53.5 Å². The molecule has 0 spiro atoms. The van der Waals surface area contributed by atoms with Gasteiger partial charge in [0.2, 0.25) is 0 Å². The van der Waals surface area contributed by atoms with E-state index in [1.165, 1.54) is 12.8 Å². The van der Waals surface area contributed by atoms with Crippen LogP contribution in [0.2, 0.25) is 0 Å². The van der Waals surface area contributed by atoms with Crippen LogP contribution in [-0.4, -0.2) is 23.0 Å². The fourth-order valence-corrected chi connectivity index (χ4v) is 2.92. The van der Waals surface area contributed by atoms with Crippen molar-refractivity contribution in [3.05, 3.63) is 0 Å².